The lowest BCUT2D eigenvalue weighted by Gasteiger charge is -2.07. The Hall–Kier alpha value is -2.36. The number of nitro benzene ring substituents is 1. The van der Waals surface area contributed by atoms with Gasteiger partial charge >= 0.3 is 0 Å². The van der Waals surface area contributed by atoms with Crippen molar-refractivity contribution < 1.29 is 9.61 Å². The van der Waals surface area contributed by atoms with Crippen LogP contribution in [0.1, 0.15) is 0 Å². The largest absolute Gasteiger partial charge is 0.293 e. The molecule has 8 heteroatoms. The van der Waals surface area contributed by atoms with Crippen LogP contribution in [-0.2, 0) is 0 Å². The first-order chi connectivity index (χ1) is 10.2. The summed E-state index contributed by atoms with van der Waals surface area (Å²) in [5.74, 6) is 0. The molecule has 0 spiro atoms. The number of tetrazole rings is 1. The van der Waals surface area contributed by atoms with Crippen molar-refractivity contribution in [3.05, 3.63) is 62.5 Å². The van der Waals surface area contributed by atoms with Crippen molar-refractivity contribution in [2.24, 2.45) is 0 Å². The van der Waals surface area contributed by atoms with Crippen LogP contribution < -0.4 is 4.68 Å². The maximum Gasteiger partial charge on any atom is 0.293 e. The van der Waals surface area contributed by atoms with Crippen LogP contribution in [0.3, 0.4) is 0 Å². The molecule has 104 valence electrons. The highest BCUT2D eigenvalue weighted by molar-refractivity contribution is 14.1. The summed E-state index contributed by atoms with van der Waals surface area (Å²) in [4.78, 5) is 10.9. The molecule has 0 radical (unpaired) electrons. The summed E-state index contributed by atoms with van der Waals surface area (Å²) in [5.41, 5.74) is 1.95. The number of nitrogens with one attached hydrogen (secondary N) is 1. The fourth-order valence-corrected chi connectivity index (χ4v) is 2.45. The molecule has 21 heavy (non-hydrogen) atoms. The predicted molar refractivity (Wildman–Crippen MR) is 82.7 cm³/mol. The molecule has 0 amide bonds. The van der Waals surface area contributed by atoms with Gasteiger partial charge in [-0.25, -0.2) is 0 Å². The number of H-pyrrole nitrogens is 1. The second-order valence-electron chi connectivity index (χ2n) is 4.24. The van der Waals surface area contributed by atoms with Crippen LogP contribution in [0, 0.1) is 13.7 Å². The number of aromatic nitrogens is 4. The molecule has 1 N–H and O–H groups in total. The Balaban J connectivity index is 2.29. The Morgan fingerprint density at radius 2 is 1.95 bits per heavy atom. The summed E-state index contributed by atoms with van der Waals surface area (Å²) in [5, 5.41) is 21.4. The van der Waals surface area contributed by atoms with Crippen molar-refractivity contribution in [2.75, 3.05) is 0 Å². The van der Waals surface area contributed by atoms with Crippen LogP contribution in [0.15, 0.2) is 48.8 Å². The molecule has 2 aromatic carbocycles. The van der Waals surface area contributed by atoms with E-state index in [1.54, 1.807) is 16.8 Å². The molecular formula is C13H9IN5O2+. The van der Waals surface area contributed by atoms with E-state index in [-0.39, 0.29) is 10.6 Å². The van der Waals surface area contributed by atoms with E-state index in [0.717, 1.165) is 9.13 Å². The standard InChI is InChI=1S/C13H8IN5O2/c14-10-6-4-9(5-7-10)13-11(18-8-15-16-17-18)2-1-3-12(13)19(20)21/h1-8H/p+1. The van der Waals surface area contributed by atoms with E-state index in [4.69, 9.17) is 0 Å². The van der Waals surface area contributed by atoms with Crippen LogP contribution in [0.4, 0.5) is 5.69 Å². The molecule has 7 nitrogen and oxygen atoms in total. The summed E-state index contributed by atoms with van der Waals surface area (Å²) in [6, 6.07) is 12.4. The first kappa shape index (κ1) is 13.6. The second-order valence-corrected chi connectivity index (χ2v) is 5.48. The minimum atomic E-state index is -0.388. The Morgan fingerprint density at radius 1 is 1.19 bits per heavy atom. The lowest BCUT2D eigenvalue weighted by molar-refractivity contribution is -0.660. The molecular weight excluding hydrogens is 385 g/mol. The predicted octanol–water partition coefficient (Wildman–Crippen LogP) is 2.26. The van der Waals surface area contributed by atoms with Gasteiger partial charge in [0.05, 0.1) is 4.92 Å². The summed E-state index contributed by atoms with van der Waals surface area (Å²) < 4.78 is 2.60. The van der Waals surface area contributed by atoms with Gasteiger partial charge in [0.25, 0.3) is 12.0 Å². The maximum absolute atomic E-state index is 11.3. The van der Waals surface area contributed by atoms with Gasteiger partial charge in [-0.05, 0) is 46.4 Å². The van der Waals surface area contributed by atoms with Crippen molar-refractivity contribution in [2.45, 2.75) is 0 Å². The van der Waals surface area contributed by atoms with Gasteiger partial charge in [0, 0.05) is 9.64 Å². The van der Waals surface area contributed by atoms with E-state index >= 15 is 0 Å². The minimum Gasteiger partial charge on any atom is -0.258 e. The van der Waals surface area contributed by atoms with Gasteiger partial charge in [-0.15, -0.1) is 4.68 Å². The van der Waals surface area contributed by atoms with Crippen LogP contribution in [0.2, 0.25) is 0 Å². The fourth-order valence-electron chi connectivity index (χ4n) is 2.09. The van der Waals surface area contributed by atoms with Crippen molar-refractivity contribution in [1.82, 2.24) is 15.5 Å². The Kier molecular flexibility index (Phi) is 3.60. The van der Waals surface area contributed by atoms with Crippen LogP contribution in [0.5, 0.6) is 0 Å². The molecule has 3 aromatic rings. The zero-order chi connectivity index (χ0) is 14.8. The molecule has 0 bridgehead atoms. The molecule has 0 unspecified atom stereocenters. The maximum atomic E-state index is 11.3. The van der Waals surface area contributed by atoms with E-state index in [9.17, 15) is 10.1 Å². The van der Waals surface area contributed by atoms with E-state index in [1.165, 1.54) is 12.4 Å². The number of rotatable bonds is 3. The molecule has 0 aliphatic rings. The number of halogens is 1. The van der Waals surface area contributed by atoms with Gasteiger partial charge < -0.3 is 0 Å². The molecule has 3 rings (SSSR count). The molecule has 0 saturated carbocycles. The van der Waals surface area contributed by atoms with Gasteiger partial charge in [0.1, 0.15) is 16.3 Å². The minimum absolute atomic E-state index is 0.0378. The van der Waals surface area contributed by atoms with E-state index in [2.05, 4.69) is 38.1 Å². The monoisotopic (exact) mass is 394 g/mol. The molecule has 0 atom stereocenters. The lowest BCUT2D eigenvalue weighted by Crippen LogP contribution is -2.32. The van der Waals surface area contributed by atoms with Crippen LogP contribution in [-0.4, -0.2) is 20.4 Å². The first-order valence-electron chi connectivity index (χ1n) is 5.98. The molecule has 1 aromatic heterocycles. The summed E-state index contributed by atoms with van der Waals surface area (Å²) in [7, 11) is 0. The lowest BCUT2D eigenvalue weighted by atomic mass is 10.0. The van der Waals surface area contributed by atoms with E-state index < -0.39 is 0 Å². The highest BCUT2D eigenvalue weighted by Crippen LogP contribution is 2.33. The average molecular weight is 394 g/mol. The Bertz CT molecular complexity index is 787. The van der Waals surface area contributed by atoms with Crippen molar-refractivity contribution in [3.63, 3.8) is 0 Å². The summed E-state index contributed by atoms with van der Waals surface area (Å²) in [6.45, 7) is 0. The normalized spacial score (nSPS) is 10.5. The van der Waals surface area contributed by atoms with Gasteiger partial charge in [-0.3, -0.25) is 10.1 Å². The summed E-state index contributed by atoms with van der Waals surface area (Å²) in [6.07, 6.45) is 1.47. The Labute approximate surface area is 132 Å². The van der Waals surface area contributed by atoms with E-state index in [0.29, 0.717) is 11.3 Å². The fraction of sp³-hybridized carbons (Fsp3) is 0. The average Bonchev–Trinajstić information content (AvgIpc) is 3.01. The highest BCUT2D eigenvalue weighted by Gasteiger charge is 2.22. The van der Waals surface area contributed by atoms with Gasteiger partial charge in [-0.1, -0.05) is 23.4 Å². The van der Waals surface area contributed by atoms with Crippen molar-refractivity contribution in [3.8, 4) is 16.8 Å². The summed E-state index contributed by atoms with van der Waals surface area (Å²) >= 11 is 2.19. The van der Waals surface area contributed by atoms with Crippen LogP contribution in [0.25, 0.3) is 16.8 Å². The molecule has 0 aliphatic heterocycles. The third kappa shape index (κ3) is 2.61. The van der Waals surface area contributed by atoms with E-state index in [1.807, 2.05) is 24.3 Å². The van der Waals surface area contributed by atoms with Crippen molar-refractivity contribution in [1.29, 1.82) is 0 Å². The third-order valence-electron chi connectivity index (χ3n) is 2.99. The molecule has 0 aliphatic carbocycles. The smallest absolute Gasteiger partial charge is 0.258 e. The number of nitro groups is 1. The third-order valence-corrected chi connectivity index (χ3v) is 3.71. The van der Waals surface area contributed by atoms with Gasteiger partial charge in [0.2, 0.25) is 0 Å². The number of nitrogens with zero attached hydrogens (tertiary/aromatic N) is 4. The number of benzene rings is 2. The second kappa shape index (κ2) is 5.56. The highest BCUT2D eigenvalue weighted by atomic mass is 127. The SMILES string of the molecule is O=[N+]([O-])c1cccc(-[n+]2cnn[nH]2)c1-c1ccc(I)cc1. The number of aromatic amines is 1. The number of hydrogen-bond donors (Lipinski definition) is 1. The Morgan fingerprint density at radius 3 is 2.57 bits per heavy atom. The van der Waals surface area contributed by atoms with Crippen molar-refractivity contribution >= 4 is 28.3 Å². The zero-order valence-corrected chi connectivity index (χ0v) is 12.8. The first-order valence-corrected chi connectivity index (χ1v) is 7.06. The van der Waals surface area contributed by atoms with Crippen LogP contribution >= 0.6 is 22.6 Å². The topological polar surface area (TPSA) is 88.6 Å². The molecule has 0 fully saturated rings. The molecule has 1 heterocycles. The van der Waals surface area contributed by atoms with Gasteiger partial charge in [0.15, 0.2) is 5.21 Å². The van der Waals surface area contributed by atoms with Gasteiger partial charge in [-0.2, -0.15) is 0 Å². The quantitative estimate of drug-likeness (QED) is 0.320. The zero-order valence-electron chi connectivity index (χ0n) is 10.6. The number of hydrogen-bond acceptors (Lipinski definition) is 4. The molecule has 0 saturated heterocycles.